The minimum Gasteiger partial charge on any atom is -0.460 e. The van der Waals surface area contributed by atoms with Crippen LogP contribution in [0.1, 0.15) is 26.7 Å². The van der Waals surface area contributed by atoms with Gasteiger partial charge in [-0.3, -0.25) is 19.3 Å². The van der Waals surface area contributed by atoms with E-state index in [2.05, 4.69) is 0 Å². The number of alkyl halides is 3. The minimum atomic E-state index is -1.75. The summed E-state index contributed by atoms with van der Waals surface area (Å²) in [6.07, 6.45) is 0.218. The van der Waals surface area contributed by atoms with Gasteiger partial charge in [0.15, 0.2) is 0 Å². The Kier molecular flexibility index (Phi) is 4.71. The maximum Gasteiger partial charge on any atom is 0.330 e. The first-order valence-corrected chi connectivity index (χ1v) is 9.54. The summed E-state index contributed by atoms with van der Waals surface area (Å²) in [5, 5.41) is -0.473. The van der Waals surface area contributed by atoms with Gasteiger partial charge in [0.1, 0.15) is 24.1 Å². The molecule has 0 spiro atoms. The molecule has 3 atom stereocenters. The van der Waals surface area contributed by atoms with Crippen molar-refractivity contribution in [2.45, 2.75) is 52.7 Å². The number of β-lactam (4-membered cyclic amide) rings is 1. The standard InChI is InChI=1S/C14H15Cl3N2O5S/c1-13(2)9(12(23)24-5-14(15,16)17)19-10(22)8(11(19)25-13)18-6(20)3-4-7(18)21/h8-9,11H,3-5H2,1-2H3/t8-,9+,11-/m1/s1. The maximum absolute atomic E-state index is 12.6. The van der Waals surface area contributed by atoms with Crippen LogP contribution in [0.2, 0.25) is 0 Å². The van der Waals surface area contributed by atoms with Gasteiger partial charge in [-0.2, -0.15) is 0 Å². The first kappa shape index (κ1) is 19.1. The van der Waals surface area contributed by atoms with Gasteiger partial charge in [-0.25, -0.2) is 4.79 Å². The fourth-order valence-corrected chi connectivity index (χ4v) is 5.18. The molecule has 0 aromatic rings. The number of imide groups is 1. The predicted octanol–water partition coefficient (Wildman–Crippen LogP) is 1.48. The summed E-state index contributed by atoms with van der Waals surface area (Å²) in [6, 6.07) is -1.75. The Balaban J connectivity index is 1.78. The van der Waals surface area contributed by atoms with E-state index < -0.39 is 44.5 Å². The highest BCUT2D eigenvalue weighted by Gasteiger charge is 2.67. The van der Waals surface area contributed by atoms with Crippen LogP contribution in [0, 0.1) is 0 Å². The highest BCUT2D eigenvalue weighted by Crippen LogP contribution is 2.52. The third-order valence-corrected chi connectivity index (χ3v) is 6.27. The molecule has 0 bridgehead atoms. The average molecular weight is 430 g/mol. The summed E-state index contributed by atoms with van der Waals surface area (Å²) in [7, 11) is 0. The molecule has 3 aliphatic rings. The Labute approximate surface area is 163 Å². The number of halogens is 3. The van der Waals surface area contributed by atoms with Gasteiger partial charge in [0.2, 0.25) is 15.6 Å². The van der Waals surface area contributed by atoms with Crippen LogP contribution >= 0.6 is 46.6 Å². The van der Waals surface area contributed by atoms with Gasteiger partial charge in [0.05, 0.1) is 0 Å². The highest BCUT2D eigenvalue weighted by atomic mass is 35.6. The third-order valence-electron chi connectivity index (χ3n) is 4.38. The maximum atomic E-state index is 12.6. The van der Waals surface area contributed by atoms with Crippen LogP contribution in [0.15, 0.2) is 0 Å². The normalized spacial score (nSPS) is 31.2. The van der Waals surface area contributed by atoms with E-state index >= 15 is 0 Å². The second kappa shape index (κ2) is 6.18. The molecule has 138 valence electrons. The number of hydrogen-bond acceptors (Lipinski definition) is 6. The summed E-state index contributed by atoms with van der Waals surface area (Å²) >= 11 is 18.1. The highest BCUT2D eigenvalue weighted by molar-refractivity contribution is 8.01. The van der Waals surface area contributed by atoms with E-state index in [9.17, 15) is 19.2 Å². The van der Waals surface area contributed by atoms with E-state index in [0.717, 1.165) is 4.90 Å². The molecule has 3 rings (SSSR count). The molecule has 0 radical (unpaired) electrons. The van der Waals surface area contributed by atoms with E-state index in [1.165, 1.54) is 16.7 Å². The third kappa shape index (κ3) is 3.22. The smallest absolute Gasteiger partial charge is 0.330 e. The summed E-state index contributed by atoms with van der Waals surface area (Å²) in [6.45, 7) is 3.14. The van der Waals surface area contributed by atoms with Gasteiger partial charge in [-0.15, -0.1) is 11.8 Å². The summed E-state index contributed by atoms with van der Waals surface area (Å²) in [5.74, 6) is -1.84. The van der Waals surface area contributed by atoms with Crippen molar-refractivity contribution in [1.29, 1.82) is 0 Å². The number of fused-ring (bicyclic) bond motifs is 1. The lowest BCUT2D eigenvalue weighted by Crippen LogP contribution is -2.71. The Morgan fingerprint density at radius 2 is 1.80 bits per heavy atom. The van der Waals surface area contributed by atoms with Crippen LogP contribution in [-0.2, 0) is 23.9 Å². The molecule has 7 nitrogen and oxygen atoms in total. The monoisotopic (exact) mass is 428 g/mol. The van der Waals surface area contributed by atoms with Gasteiger partial charge in [-0.1, -0.05) is 34.8 Å². The summed E-state index contributed by atoms with van der Waals surface area (Å²) in [4.78, 5) is 51.3. The zero-order chi connectivity index (χ0) is 18.7. The van der Waals surface area contributed by atoms with Gasteiger partial charge in [0.25, 0.3) is 5.91 Å². The molecule has 0 aromatic heterocycles. The zero-order valence-corrected chi connectivity index (χ0v) is 16.4. The minimum absolute atomic E-state index is 0.109. The fraction of sp³-hybridized carbons (Fsp3) is 0.714. The van der Waals surface area contributed by atoms with Crippen molar-refractivity contribution in [3.8, 4) is 0 Å². The van der Waals surface area contributed by atoms with E-state index in [-0.39, 0.29) is 24.7 Å². The quantitative estimate of drug-likeness (QED) is 0.292. The molecule has 0 aromatic carbocycles. The number of carbonyl (C=O) groups excluding carboxylic acids is 4. The number of likely N-dealkylation sites (tertiary alicyclic amines) is 1. The Morgan fingerprint density at radius 1 is 1.24 bits per heavy atom. The number of thioether (sulfide) groups is 1. The Bertz CT molecular complexity index is 649. The lowest BCUT2D eigenvalue weighted by molar-refractivity contribution is -0.171. The van der Waals surface area contributed by atoms with Crippen LogP contribution in [0.4, 0.5) is 0 Å². The molecular formula is C14H15Cl3N2O5S. The molecule has 3 heterocycles. The molecule has 3 fully saturated rings. The van der Waals surface area contributed by atoms with Crippen LogP contribution in [0.25, 0.3) is 0 Å². The number of ether oxygens (including phenoxy) is 1. The number of nitrogens with zero attached hydrogens (tertiary/aromatic N) is 2. The van der Waals surface area contributed by atoms with Gasteiger partial charge in [0, 0.05) is 17.6 Å². The molecule has 0 saturated carbocycles. The molecule has 0 aliphatic carbocycles. The summed E-state index contributed by atoms with van der Waals surface area (Å²) < 4.78 is 2.62. The van der Waals surface area contributed by atoms with E-state index in [1.54, 1.807) is 13.8 Å². The van der Waals surface area contributed by atoms with E-state index in [1.807, 2.05) is 0 Å². The topological polar surface area (TPSA) is 84.0 Å². The molecule has 25 heavy (non-hydrogen) atoms. The SMILES string of the molecule is CC1(C)S[C@@H]2[C@H](N3C(=O)CCC3=O)C(=O)N2[C@H]1C(=O)OCC(Cl)(Cl)Cl. The lowest BCUT2D eigenvalue weighted by atomic mass is 9.95. The summed E-state index contributed by atoms with van der Waals surface area (Å²) in [5.41, 5.74) is 0. The second-order valence-corrected chi connectivity index (χ2v) is 10.9. The molecule has 3 aliphatic heterocycles. The Morgan fingerprint density at radius 3 is 2.32 bits per heavy atom. The van der Waals surface area contributed by atoms with Gasteiger partial charge < -0.3 is 9.64 Å². The van der Waals surface area contributed by atoms with Crippen LogP contribution in [0.5, 0.6) is 0 Å². The molecule has 11 heteroatoms. The molecule has 0 N–H and O–H groups in total. The number of rotatable bonds is 3. The first-order chi connectivity index (χ1) is 11.4. The van der Waals surface area contributed by atoms with E-state index in [4.69, 9.17) is 39.5 Å². The van der Waals surface area contributed by atoms with Gasteiger partial charge in [-0.05, 0) is 13.8 Å². The zero-order valence-electron chi connectivity index (χ0n) is 13.3. The number of esters is 1. The number of hydrogen-bond donors (Lipinski definition) is 0. The van der Waals surface area contributed by atoms with Crippen LogP contribution in [0.3, 0.4) is 0 Å². The second-order valence-electron chi connectivity index (χ2n) is 6.59. The Hall–Kier alpha value is -0.700. The van der Waals surface area contributed by atoms with E-state index in [0.29, 0.717) is 0 Å². The van der Waals surface area contributed by atoms with Crippen molar-refractivity contribution in [3.05, 3.63) is 0 Å². The van der Waals surface area contributed by atoms with Crippen molar-refractivity contribution in [3.63, 3.8) is 0 Å². The average Bonchev–Trinajstić information content (AvgIpc) is 2.93. The fourth-order valence-electron chi connectivity index (χ4n) is 3.35. The van der Waals surface area contributed by atoms with Gasteiger partial charge >= 0.3 is 5.97 Å². The first-order valence-electron chi connectivity index (χ1n) is 7.52. The molecule has 3 amide bonds. The van der Waals surface area contributed by atoms with Crippen molar-refractivity contribution in [2.75, 3.05) is 6.61 Å². The molecule has 3 saturated heterocycles. The number of carbonyl (C=O) groups is 4. The largest absolute Gasteiger partial charge is 0.460 e. The lowest BCUT2D eigenvalue weighted by Gasteiger charge is -2.46. The van der Waals surface area contributed by atoms with Crippen LogP contribution in [-0.4, -0.2) is 66.1 Å². The van der Waals surface area contributed by atoms with Crippen molar-refractivity contribution in [2.24, 2.45) is 0 Å². The molecular weight excluding hydrogens is 415 g/mol. The van der Waals surface area contributed by atoms with Crippen LogP contribution < -0.4 is 0 Å². The van der Waals surface area contributed by atoms with Crippen molar-refractivity contribution < 1.29 is 23.9 Å². The molecule has 0 unspecified atom stereocenters. The van der Waals surface area contributed by atoms with Crippen molar-refractivity contribution in [1.82, 2.24) is 9.80 Å². The van der Waals surface area contributed by atoms with Crippen molar-refractivity contribution >= 4 is 70.3 Å². The predicted molar refractivity (Wildman–Crippen MR) is 92.2 cm³/mol. The number of amides is 3.